The summed E-state index contributed by atoms with van der Waals surface area (Å²) in [5.74, 6) is -1.84. The van der Waals surface area contributed by atoms with Crippen molar-refractivity contribution in [1.29, 1.82) is 0 Å². The summed E-state index contributed by atoms with van der Waals surface area (Å²) in [6.45, 7) is 1.74. The van der Waals surface area contributed by atoms with E-state index in [1.54, 1.807) is 6.92 Å². The summed E-state index contributed by atoms with van der Waals surface area (Å²) in [7, 11) is 0. The van der Waals surface area contributed by atoms with Crippen LogP contribution in [0.25, 0.3) is 0 Å². The number of hydrogen-bond acceptors (Lipinski definition) is 1. The molecule has 0 saturated heterocycles. The van der Waals surface area contributed by atoms with Crippen LogP contribution in [-0.4, -0.2) is 0 Å². The summed E-state index contributed by atoms with van der Waals surface area (Å²) in [6.07, 6.45) is 0. The number of benzene rings is 2. The van der Waals surface area contributed by atoms with E-state index < -0.39 is 17.5 Å². The topological polar surface area (TPSA) is 12.0 Å². The van der Waals surface area contributed by atoms with E-state index >= 15 is 0 Å². The molecule has 1 unspecified atom stereocenters. The Labute approximate surface area is 127 Å². The van der Waals surface area contributed by atoms with Crippen molar-refractivity contribution in [2.24, 2.45) is 0 Å². The van der Waals surface area contributed by atoms with Gasteiger partial charge in [0.25, 0.3) is 0 Å². The maximum absolute atomic E-state index is 13.7. The molecule has 0 aliphatic rings. The van der Waals surface area contributed by atoms with Crippen molar-refractivity contribution in [2.75, 3.05) is 5.32 Å². The Morgan fingerprint density at radius 2 is 1.80 bits per heavy atom. The van der Waals surface area contributed by atoms with Crippen LogP contribution in [-0.2, 0) is 0 Å². The number of anilines is 1. The lowest BCUT2D eigenvalue weighted by molar-refractivity contribution is 0.582. The molecule has 2 aromatic rings. The van der Waals surface area contributed by atoms with Crippen LogP contribution < -0.4 is 5.32 Å². The molecule has 0 saturated carbocycles. The van der Waals surface area contributed by atoms with Gasteiger partial charge in [-0.15, -0.1) is 0 Å². The Bertz CT molecular complexity index is 625. The van der Waals surface area contributed by atoms with Crippen LogP contribution >= 0.6 is 27.5 Å². The third-order valence-corrected chi connectivity index (χ3v) is 3.75. The molecule has 2 rings (SSSR count). The predicted octanol–water partition coefficient (Wildman–Crippen LogP) is 5.69. The lowest BCUT2D eigenvalue weighted by Gasteiger charge is -2.18. The summed E-state index contributed by atoms with van der Waals surface area (Å²) in [5.41, 5.74) is 0.739. The van der Waals surface area contributed by atoms with Gasteiger partial charge in [0.1, 0.15) is 17.5 Å². The molecule has 1 atom stereocenters. The highest BCUT2D eigenvalue weighted by Gasteiger charge is 2.15. The van der Waals surface area contributed by atoms with Gasteiger partial charge in [0.2, 0.25) is 0 Å². The highest BCUT2D eigenvalue weighted by molar-refractivity contribution is 9.10. The molecule has 0 bridgehead atoms. The number of rotatable bonds is 3. The Kier molecular flexibility index (Phi) is 4.60. The van der Waals surface area contributed by atoms with Gasteiger partial charge >= 0.3 is 0 Å². The van der Waals surface area contributed by atoms with Crippen molar-refractivity contribution in [1.82, 2.24) is 0 Å². The van der Waals surface area contributed by atoms with Crippen molar-refractivity contribution in [2.45, 2.75) is 13.0 Å². The van der Waals surface area contributed by atoms with E-state index in [0.717, 1.165) is 12.1 Å². The molecule has 2 aromatic carbocycles. The quantitative estimate of drug-likeness (QED) is 0.737. The highest BCUT2D eigenvalue weighted by Crippen LogP contribution is 2.32. The molecule has 6 heteroatoms. The molecule has 0 aliphatic carbocycles. The van der Waals surface area contributed by atoms with Gasteiger partial charge in [-0.2, -0.15) is 0 Å². The van der Waals surface area contributed by atoms with Crippen molar-refractivity contribution in [3.05, 3.63) is 62.8 Å². The van der Waals surface area contributed by atoms with Gasteiger partial charge in [0.15, 0.2) is 0 Å². The van der Waals surface area contributed by atoms with Gasteiger partial charge in [0, 0.05) is 15.6 Å². The Hall–Kier alpha value is -1.20. The maximum Gasteiger partial charge on any atom is 0.150 e. The molecule has 0 radical (unpaired) electrons. The minimum absolute atomic E-state index is 0.124. The second kappa shape index (κ2) is 6.06. The van der Waals surface area contributed by atoms with Crippen LogP contribution in [0.5, 0.6) is 0 Å². The lowest BCUT2D eigenvalue weighted by Crippen LogP contribution is -2.09. The SMILES string of the molecule is CC(Nc1c(F)cc(F)cc1Br)c1ccc(F)cc1Cl. The fraction of sp³-hybridized carbons (Fsp3) is 0.143. The van der Waals surface area contributed by atoms with Gasteiger partial charge in [-0.3, -0.25) is 0 Å². The summed E-state index contributed by atoms with van der Waals surface area (Å²) >= 11 is 9.04. The van der Waals surface area contributed by atoms with Crippen LogP contribution in [0, 0.1) is 17.5 Å². The van der Waals surface area contributed by atoms with Crippen LogP contribution in [0.4, 0.5) is 18.9 Å². The van der Waals surface area contributed by atoms with Gasteiger partial charge in [-0.25, -0.2) is 13.2 Å². The third-order valence-electron chi connectivity index (χ3n) is 2.80. The van der Waals surface area contributed by atoms with Crippen molar-refractivity contribution < 1.29 is 13.2 Å². The highest BCUT2D eigenvalue weighted by atomic mass is 79.9. The molecule has 106 valence electrons. The van der Waals surface area contributed by atoms with Crippen LogP contribution in [0.2, 0.25) is 5.02 Å². The Morgan fingerprint density at radius 1 is 1.10 bits per heavy atom. The first-order valence-electron chi connectivity index (χ1n) is 5.74. The lowest BCUT2D eigenvalue weighted by atomic mass is 10.1. The molecule has 1 N–H and O–H groups in total. The molecule has 0 heterocycles. The molecule has 0 spiro atoms. The summed E-state index contributed by atoms with van der Waals surface area (Å²) < 4.78 is 40.0. The average Bonchev–Trinajstić information content (AvgIpc) is 2.33. The summed E-state index contributed by atoms with van der Waals surface area (Å²) in [5, 5.41) is 3.13. The van der Waals surface area contributed by atoms with E-state index in [9.17, 15) is 13.2 Å². The fourth-order valence-corrected chi connectivity index (χ4v) is 2.68. The second-order valence-electron chi connectivity index (χ2n) is 4.28. The summed E-state index contributed by atoms with van der Waals surface area (Å²) in [4.78, 5) is 0. The zero-order chi connectivity index (χ0) is 14.9. The molecule has 20 heavy (non-hydrogen) atoms. The molecule has 1 nitrogen and oxygen atoms in total. The van der Waals surface area contributed by atoms with Gasteiger partial charge < -0.3 is 5.32 Å². The zero-order valence-electron chi connectivity index (χ0n) is 10.4. The Balaban J connectivity index is 2.30. The Morgan fingerprint density at radius 3 is 2.40 bits per heavy atom. The van der Waals surface area contributed by atoms with E-state index in [-0.39, 0.29) is 21.2 Å². The molecular formula is C14H10BrClF3N. The third kappa shape index (κ3) is 3.27. The van der Waals surface area contributed by atoms with Gasteiger partial charge in [-0.05, 0) is 46.6 Å². The number of halogens is 5. The van der Waals surface area contributed by atoms with E-state index in [2.05, 4.69) is 21.2 Å². The molecule has 0 aliphatic heterocycles. The van der Waals surface area contributed by atoms with E-state index in [4.69, 9.17) is 11.6 Å². The standard InChI is InChI=1S/C14H10BrClF3N/c1-7(10-3-2-8(17)5-12(10)16)20-14-11(15)4-9(18)6-13(14)19/h2-7,20H,1H3. The monoisotopic (exact) mass is 363 g/mol. The molecule has 0 fully saturated rings. The second-order valence-corrected chi connectivity index (χ2v) is 5.54. The minimum Gasteiger partial charge on any atom is -0.375 e. The molecule has 0 amide bonds. The maximum atomic E-state index is 13.7. The van der Waals surface area contributed by atoms with Gasteiger partial charge in [0.05, 0.1) is 11.7 Å². The predicted molar refractivity (Wildman–Crippen MR) is 77.5 cm³/mol. The average molecular weight is 365 g/mol. The smallest absolute Gasteiger partial charge is 0.150 e. The first kappa shape index (κ1) is 15.2. The van der Waals surface area contributed by atoms with Crippen LogP contribution in [0.3, 0.4) is 0 Å². The first-order valence-corrected chi connectivity index (χ1v) is 6.91. The van der Waals surface area contributed by atoms with Crippen molar-refractivity contribution in [3.63, 3.8) is 0 Å². The van der Waals surface area contributed by atoms with Crippen molar-refractivity contribution >= 4 is 33.2 Å². The first-order chi connectivity index (χ1) is 9.38. The van der Waals surface area contributed by atoms with Gasteiger partial charge in [-0.1, -0.05) is 17.7 Å². The number of hydrogen-bond donors (Lipinski definition) is 1. The van der Waals surface area contributed by atoms with Crippen molar-refractivity contribution in [3.8, 4) is 0 Å². The van der Waals surface area contributed by atoms with E-state index in [1.165, 1.54) is 18.2 Å². The van der Waals surface area contributed by atoms with E-state index in [1.807, 2.05) is 0 Å². The zero-order valence-corrected chi connectivity index (χ0v) is 12.7. The molecule has 0 aromatic heterocycles. The van der Waals surface area contributed by atoms with Crippen LogP contribution in [0.1, 0.15) is 18.5 Å². The fourth-order valence-electron chi connectivity index (χ4n) is 1.83. The number of nitrogens with one attached hydrogen (secondary N) is 1. The minimum atomic E-state index is -0.720. The summed E-state index contributed by atoms with van der Waals surface area (Å²) in [6, 6.07) is 5.54. The normalized spacial score (nSPS) is 12.3. The largest absolute Gasteiger partial charge is 0.375 e. The van der Waals surface area contributed by atoms with E-state index in [0.29, 0.717) is 5.56 Å². The molecular weight excluding hydrogens is 355 g/mol. The van der Waals surface area contributed by atoms with Crippen LogP contribution in [0.15, 0.2) is 34.8 Å².